The van der Waals surface area contributed by atoms with Gasteiger partial charge in [-0.1, -0.05) is 0 Å². The third-order valence-electron chi connectivity index (χ3n) is 3.56. The number of rotatable bonds is 4. The van der Waals surface area contributed by atoms with E-state index >= 15 is 0 Å². The Morgan fingerprint density at radius 2 is 2.39 bits per heavy atom. The van der Waals surface area contributed by atoms with Crippen molar-refractivity contribution in [1.82, 2.24) is 9.88 Å². The third kappa shape index (κ3) is 2.79. The Hall–Kier alpha value is -1.62. The van der Waals surface area contributed by atoms with Gasteiger partial charge in [0.2, 0.25) is 0 Å². The summed E-state index contributed by atoms with van der Waals surface area (Å²) in [6.45, 7) is 2.11. The van der Waals surface area contributed by atoms with E-state index < -0.39 is 5.97 Å². The number of nitrogens with zero attached hydrogens (tertiary/aromatic N) is 3. The molecule has 18 heavy (non-hydrogen) atoms. The fourth-order valence-electron chi connectivity index (χ4n) is 2.37. The van der Waals surface area contributed by atoms with Crippen molar-refractivity contribution in [3.8, 4) is 0 Å². The monoisotopic (exact) mass is 249 g/mol. The second-order valence-corrected chi connectivity index (χ2v) is 4.86. The van der Waals surface area contributed by atoms with E-state index in [0.717, 1.165) is 18.8 Å². The van der Waals surface area contributed by atoms with Crippen molar-refractivity contribution in [1.29, 1.82) is 0 Å². The van der Waals surface area contributed by atoms with Crippen LogP contribution in [0.5, 0.6) is 0 Å². The van der Waals surface area contributed by atoms with Gasteiger partial charge in [-0.2, -0.15) is 0 Å². The normalized spacial score (nSPS) is 20.0. The summed E-state index contributed by atoms with van der Waals surface area (Å²) >= 11 is 0. The fraction of sp³-hybridized carbons (Fsp3) is 0.538. The number of likely N-dealkylation sites (tertiary alicyclic amines) is 1. The highest BCUT2D eigenvalue weighted by Crippen LogP contribution is 2.18. The first kappa shape index (κ1) is 12.8. The van der Waals surface area contributed by atoms with Gasteiger partial charge >= 0.3 is 5.97 Å². The molecule has 1 N–H and O–H groups in total. The summed E-state index contributed by atoms with van der Waals surface area (Å²) in [5, 5.41) is 8.80. The first-order chi connectivity index (χ1) is 8.58. The Bertz CT molecular complexity index is 419. The molecule has 0 spiro atoms. The molecule has 0 aliphatic carbocycles. The van der Waals surface area contributed by atoms with Crippen molar-refractivity contribution in [3.05, 3.63) is 24.0 Å². The quantitative estimate of drug-likeness (QED) is 0.872. The maximum absolute atomic E-state index is 10.7. The Kier molecular flexibility index (Phi) is 3.81. The molecule has 1 aliphatic heterocycles. The summed E-state index contributed by atoms with van der Waals surface area (Å²) < 4.78 is 0. The van der Waals surface area contributed by atoms with Crippen LogP contribution in [0.2, 0.25) is 0 Å². The SMILES string of the molecule is CN(CC1CCCN1C)c1ccc(C(=O)O)nc1. The van der Waals surface area contributed by atoms with Crippen LogP contribution in [0.3, 0.4) is 0 Å². The first-order valence-corrected chi connectivity index (χ1v) is 6.18. The number of aromatic carboxylic acids is 1. The number of hydrogen-bond acceptors (Lipinski definition) is 4. The van der Waals surface area contributed by atoms with E-state index in [9.17, 15) is 4.79 Å². The first-order valence-electron chi connectivity index (χ1n) is 6.18. The molecule has 1 saturated heterocycles. The number of pyridine rings is 1. The van der Waals surface area contributed by atoms with Crippen molar-refractivity contribution in [3.63, 3.8) is 0 Å². The van der Waals surface area contributed by atoms with E-state index in [1.807, 2.05) is 13.1 Å². The third-order valence-corrected chi connectivity index (χ3v) is 3.56. The minimum Gasteiger partial charge on any atom is -0.477 e. The van der Waals surface area contributed by atoms with Crippen LogP contribution in [0, 0.1) is 0 Å². The molecule has 0 amide bonds. The molecule has 0 bridgehead atoms. The molecule has 5 nitrogen and oxygen atoms in total. The molecule has 1 unspecified atom stereocenters. The van der Waals surface area contributed by atoms with Crippen LogP contribution in [0.1, 0.15) is 23.3 Å². The van der Waals surface area contributed by atoms with E-state index in [0.29, 0.717) is 6.04 Å². The molecule has 1 aliphatic rings. The second kappa shape index (κ2) is 5.35. The van der Waals surface area contributed by atoms with E-state index in [2.05, 4.69) is 21.8 Å². The highest BCUT2D eigenvalue weighted by molar-refractivity contribution is 5.85. The minimum absolute atomic E-state index is 0.0881. The summed E-state index contributed by atoms with van der Waals surface area (Å²) in [5.41, 5.74) is 1.05. The number of anilines is 1. The maximum Gasteiger partial charge on any atom is 0.354 e. The molecule has 1 atom stereocenters. The number of hydrogen-bond donors (Lipinski definition) is 1. The molecule has 1 fully saturated rings. The second-order valence-electron chi connectivity index (χ2n) is 4.86. The van der Waals surface area contributed by atoms with Crippen LogP contribution in [-0.2, 0) is 0 Å². The lowest BCUT2D eigenvalue weighted by Gasteiger charge is -2.27. The van der Waals surface area contributed by atoms with Crippen LogP contribution >= 0.6 is 0 Å². The Balaban J connectivity index is 2.00. The fourth-order valence-corrected chi connectivity index (χ4v) is 2.37. The molecule has 0 saturated carbocycles. The van der Waals surface area contributed by atoms with Gasteiger partial charge in [-0.15, -0.1) is 0 Å². The molecule has 2 rings (SSSR count). The highest BCUT2D eigenvalue weighted by atomic mass is 16.4. The Labute approximate surface area is 107 Å². The number of aromatic nitrogens is 1. The van der Waals surface area contributed by atoms with Gasteiger partial charge in [-0.25, -0.2) is 9.78 Å². The summed E-state index contributed by atoms with van der Waals surface area (Å²) in [5.74, 6) is -0.986. The van der Waals surface area contributed by atoms with Crippen LogP contribution in [0.15, 0.2) is 18.3 Å². The van der Waals surface area contributed by atoms with Gasteiger partial charge in [0.25, 0.3) is 0 Å². The van der Waals surface area contributed by atoms with Gasteiger partial charge in [0, 0.05) is 19.6 Å². The smallest absolute Gasteiger partial charge is 0.354 e. The summed E-state index contributed by atoms with van der Waals surface area (Å²) in [7, 11) is 4.17. The van der Waals surface area contributed by atoms with E-state index in [1.54, 1.807) is 12.3 Å². The van der Waals surface area contributed by atoms with E-state index in [-0.39, 0.29) is 5.69 Å². The van der Waals surface area contributed by atoms with Crippen LogP contribution in [-0.4, -0.2) is 54.2 Å². The molecular weight excluding hydrogens is 230 g/mol. The molecule has 1 aromatic heterocycles. The lowest BCUT2D eigenvalue weighted by atomic mass is 10.2. The van der Waals surface area contributed by atoms with Gasteiger partial charge in [-0.3, -0.25) is 0 Å². The van der Waals surface area contributed by atoms with Crippen LogP contribution in [0.4, 0.5) is 5.69 Å². The highest BCUT2D eigenvalue weighted by Gasteiger charge is 2.22. The molecule has 2 heterocycles. The van der Waals surface area contributed by atoms with Crippen molar-refractivity contribution < 1.29 is 9.90 Å². The van der Waals surface area contributed by atoms with Gasteiger partial charge in [0.1, 0.15) is 5.69 Å². The number of carboxylic acid groups (broad SMARTS) is 1. The van der Waals surface area contributed by atoms with Crippen molar-refractivity contribution in [2.45, 2.75) is 18.9 Å². The summed E-state index contributed by atoms with van der Waals surface area (Å²) in [6.07, 6.45) is 4.10. The molecule has 98 valence electrons. The molecular formula is C13H19N3O2. The topological polar surface area (TPSA) is 56.7 Å². The Morgan fingerprint density at radius 3 is 2.89 bits per heavy atom. The van der Waals surface area contributed by atoms with Crippen LogP contribution < -0.4 is 4.90 Å². The standard InChI is InChI=1S/C13H19N3O2/c1-15-7-3-4-11(15)9-16(2)10-5-6-12(13(17)18)14-8-10/h5-6,8,11H,3-4,7,9H2,1-2H3,(H,17,18). The van der Waals surface area contributed by atoms with Crippen molar-refractivity contribution in [2.24, 2.45) is 0 Å². The largest absolute Gasteiger partial charge is 0.477 e. The zero-order valence-corrected chi connectivity index (χ0v) is 10.8. The summed E-state index contributed by atoms with van der Waals surface area (Å²) in [6, 6.07) is 3.94. The van der Waals surface area contributed by atoms with Crippen molar-refractivity contribution in [2.75, 3.05) is 32.1 Å². The lowest BCUT2D eigenvalue weighted by molar-refractivity contribution is 0.0690. The molecule has 0 aromatic carbocycles. The number of likely N-dealkylation sites (N-methyl/N-ethyl adjacent to an activating group) is 2. The van der Waals surface area contributed by atoms with Crippen molar-refractivity contribution >= 4 is 11.7 Å². The van der Waals surface area contributed by atoms with Gasteiger partial charge < -0.3 is 14.9 Å². The summed E-state index contributed by atoms with van der Waals surface area (Å²) in [4.78, 5) is 19.2. The van der Waals surface area contributed by atoms with E-state index in [1.165, 1.54) is 12.8 Å². The van der Waals surface area contributed by atoms with Crippen LogP contribution in [0.25, 0.3) is 0 Å². The predicted molar refractivity (Wildman–Crippen MR) is 70.1 cm³/mol. The number of carbonyl (C=O) groups is 1. The van der Waals surface area contributed by atoms with Gasteiger partial charge in [0.15, 0.2) is 0 Å². The average molecular weight is 249 g/mol. The molecule has 1 aromatic rings. The van der Waals surface area contributed by atoms with E-state index in [4.69, 9.17) is 5.11 Å². The molecule has 0 radical (unpaired) electrons. The number of carboxylic acids is 1. The average Bonchev–Trinajstić information content (AvgIpc) is 2.75. The predicted octanol–water partition coefficient (Wildman–Crippen LogP) is 1.31. The van der Waals surface area contributed by atoms with Gasteiger partial charge in [-0.05, 0) is 38.6 Å². The zero-order chi connectivity index (χ0) is 13.1. The lowest BCUT2D eigenvalue weighted by Crippen LogP contribution is -2.36. The molecule has 5 heteroatoms. The zero-order valence-electron chi connectivity index (χ0n) is 10.8. The Morgan fingerprint density at radius 1 is 1.61 bits per heavy atom. The minimum atomic E-state index is -0.986. The maximum atomic E-state index is 10.7. The van der Waals surface area contributed by atoms with Gasteiger partial charge in [0.05, 0.1) is 11.9 Å².